The monoisotopic (exact) mass is 471 g/mol. The molecule has 32 heavy (non-hydrogen) atoms. The maximum Gasteiger partial charge on any atom is 0.261 e. The smallest absolute Gasteiger partial charge is 0.261 e. The SMILES string of the molecule is O=C(Nc1nccs1)C1CCCN(C(=O)c2ccc(S(=O)(=O)Nc3ccncc3)cc2)C1. The van der Waals surface area contributed by atoms with Crippen LogP contribution in [-0.2, 0) is 14.8 Å². The van der Waals surface area contributed by atoms with Gasteiger partial charge in [0.1, 0.15) is 0 Å². The number of anilines is 2. The zero-order chi connectivity index (χ0) is 22.6. The van der Waals surface area contributed by atoms with Crippen molar-refractivity contribution < 1.29 is 18.0 Å². The number of hydrogen-bond donors (Lipinski definition) is 2. The molecule has 0 bridgehead atoms. The Labute approximate surface area is 189 Å². The van der Waals surface area contributed by atoms with E-state index >= 15 is 0 Å². The number of benzene rings is 1. The summed E-state index contributed by atoms with van der Waals surface area (Å²) >= 11 is 1.34. The minimum atomic E-state index is -3.79. The van der Waals surface area contributed by atoms with Crippen LogP contribution >= 0.6 is 11.3 Å². The summed E-state index contributed by atoms with van der Waals surface area (Å²) in [6.07, 6.45) is 6.00. The van der Waals surface area contributed by atoms with Gasteiger partial charge in [0, 0.05) is 42.6 Å². The number of pyridine rings is 1. The van der Waals surface area contributed by atoms with Crippen molar-refractivity contribution in [3.8, 4) is 0 Å². The summed E-state index contributed by atoms with van der Waals surface area (Å²) in [5.74, 6) is -0.704. The molecule has 1 aliphatic heterocycles. The topological polar surface area (TPSA) is 121 Å². The van der Waals surface area contributed by atoms with E-state index in [0.29, 0.717) is 42.3 Å². The van der Waals surface area contributed by atoms with Crippen molar-refractivity contribution in [2.24, 2.45) is 5.92 Å². The van der Waals surface area contributed by atoms with Gasteiger partial charge in [-0.25, -0.2) is 13.4 Å². The lowest BCUT2D eigenvalue weighted by Crippen LogP contribution is -2.43. The van der Waals surface area contributed by atoms with E-state index in [2.05, 4.69) is 20.0 Å². The van der Waals surface area contributed by atoms with Crippen LogP contribution in [0, 0.1) is 5.92 Å². The number of sulfonamides is 1. The fourth-order valence-corrected chi connectivity index (χ4v) is 5.05. The van der Waals surface area contributed by atoms with Crippen molar-refractivity contribution in [1.82, 2.24) is 14.9 Å². The van der Waals surface area contributed by atoms with E-state index < -0.39 is 10.0 Å². The zero-order valence-electron chi connectivity index (χ0n) is 17.0. The van der Waals surface area contributed by atoms with Crippen LogP contribution in [0.3, 0.4) is 0 Å². The van der Waals surface area contributed by atoms with Gasteiger partial charge in [-0.05, 0) is 49.2 Å². The Hall–Kier alpha value is -3.31. The molecule has 1 fully saturated rings. The van der Waals surface area contributed by atoms with Crippen molar-refractivity contribution in [1.29, 1.82) is 0 Å². The van der Waals surface area contributed by atoms with Crippen LogP contribution in [0.2, 0.25) is 0 Å². The highest BCUT2D eigenvalue weighted by molar-refractivity contribution is 7.92. The van der Waals surface area contributed by atoms with Crippen molar-refractivity contribution in [3.05, 3.63) is 65.9 Å². The summed E-state index contributed by atoms with van der Waals surface area (Å²) in [6, 6.07) is 8.87. The van der Waals surface area contributed by atoms with E-state index in [9.17, 15) is 18.0 Å². The lowest BCUT2D eigenvalue weighted by molar-refractivity contribution is -0.121. The van der Waals surface area contributed by atoms with Gasteiger partial charge in [-0.2, -0.15) is 0 Å². The quantitative estimate of drug-likeness (QED) is 0.570. The Balaban J connectivity index is 1.41. The van der Waals surface area contributed by atoms with Gasteiger partial charge in [-0.1, -0.05) is 0 Å². The summed E-state index contributed by atoms with van der Waals surface area (Å²) in [7, 11) is -3.79. The first-order valence-electron chi connectivity index (χ1n) is 9.95. The molecule has 0 aliphatic carbocycles. The number of rotatable bonds is 6. The van der Waals surface area contributed by atoms with E-state index in [1.54, 1.807) is 28.6 Å². The first kappa shape index (κ1) is 21.9. The molecular weight excluding hydrogens is 450 g/mol. The third-order valence-electron chi connectivity index (χ3n) is 5.09. The maximum atomic E-state index is 12.9. The van der Waals surface area contributed by atoms with Crippen LogP contribution in [0.15, 0.2) is 65.3 Å². The van der Waals surface area contributed by atoms with Gasteiger partial charge in [-0.15, -0.1) is 11.3 Å². The van der Waals surface area contributed by atoms with Crippen molar-refractivity contribution in [3.63, 3.8) is 0 Å². The van der Waals surface area contributed by atoms with E-state index in [-0.39, 0.29) is 22.6 Å². The minimum Gasteiger partial charge on any atom is -0.338 e. The molecule has 166 valence electrons. The minimum absolute atomic E-state index is 0.0465. The number of nitrogens with one attached hydrogen (secondary N) is 2. The number of hydrogen-bond acceptors (Lipinski definition) is 7. The van der Waals surface area contributed by atoms with E-state index in [4.69, 9.17) is 0 Å². The highest BCUT2D eigenvalue weighted by atomic mass is 32.2. The molecule has 3 aromatic rings. The number of aromatic nitrogens is 2. The molecule has 3 heterocycles. The van der Waals surface area contributed by atoms with Crippen LogP contribution in [-0.4, -0.2) is 48.2 Å². The second kappa shape index (κ2) is 9.45. The molecule has 1 aliphatic rings. The molecule has 0 spiro atoms. The average molecular weight is 472 g/mol. The van der Waals surface area contributed by atoms with Gasteiger partial charge in [0.15, 0.2) is 5.13 Å². The predicted octanol–water partition coefficient (Wildman–Crippen LogP) is 2.83. The molecule has 2 aromatic heterocycles. The summed E-state index contributed by atoms with van der Waals surface area (Å²) in [4.78, 5) is 35.1. The normalized spacial score (nSPS) is 16.4. The molecule has 1 atom stereocenters. The van der Waals surface area contributed by atoms with Gasteiger partial charge in [-0.3, -0.25) is 19.3 Å². The Morgan fingerprint density at radius 1 is 1.06 bits per heavy atom. The van der Waals surface area contributed by atoms with Crippen molar-refractivity contribution in [2.45, 2.75) is 17.7 Å². The summed E-state index contributed by atoms with van der Waals surface area (Å²) in [6.45, 7) is 0.850. The molecule has 1 unspecified atom stereocenters. The highest BCUT2D eigenvalue weighted by Crippen LogP contribution is 2.22. The van der Waals surface area contributed by atoms with Gasteiger partial charge < -0.3 is 10.2 Å². The molecule has 11 heteroatoms. The number of piperidine rings is 1. The molecule has 2 amide bonds. The van der Waals surface area contributed by atoms with Gasteiger partial charge >= 0.3 is 0 Å². The fourth-order valence-electron chi connectivity index (χ4n) is 3.46. The van der Waals surface area contributed by atoms with Gasteiger partial charge in [0.05, 0.1) is 16.5 Å². The summed E-state index contributed by atoms with van der Waals surface area (Å²) < 4.78 is 27.6. The first-order valence-corrected chi connectivity index (χ1v) is 12.3. The molecule has 0 saturated carbocycles. The molecule has 1 aromatic carbocycles. The Morgan fingerprint density at radius 2 is 1.81 bits per heavy atom. The number of carbonyl (C=O) groups excluding carboxylic acids is 2. The Morgan fingerprint density at radius 3 is 2.50 bits per heavy atom. The molecule has 1 saturated heterocycles. The summed E-state index contributed by atoms with van der Waals surface area (Å²) in [5.41, 5.74) is 0.768. The fraction of sp³-hybridized carbons (Fsp3) is 0.238. The van der Waals surface area contributed by atoms with Crippen LogP contribution in [0.25, 0.3) is 0 Å². The molecule has 9 nitrogen and oxygen atoms in total. The molecule has 0 radical (unpaired) electrons. The van der Waals surface area contributed by atoms with Crippen LogP contribution < -0.4 is 10.0 Å². The highest BCUT2D eigenvalue weighted by Gasteiger charge is 2.29. The standard InChI is InChI=1S/C21H21N5O4S2/c27-19(24-21-23-11-13-31-21)16-2-1-12-26(14-16)20(28)15-3-5-18(6-4-15)32(29,30)25-17-7-9-22-10-8-17/h3-11,13,16H,1-2,12,14H2,(H,22,25)(H,23,24,27). The molecule has 4 rings (SSSR count). The first-order chi connectivity index (χ1) is 15.4. The predicted molar refractivity (Wildman–Crippen MR) is 121 cm³/mol. The number of nitrogens with zero attached hydrogens (tertiary/aromatic N) is 3. The molecule has 2 N–H and O–H groups in total. The zero-order valence-corrected chi connectivity index (χ0v) is 18.6. The van der Waals surface area contributed by atoms with Gasteiger partial charge in [0.2, 0.25) is 5.91 Å². The van der Waals surface area contributed by atoms with Crippen LogP contribution in [0.5, 0.6) is 0 Å². The largest absolute Gasteiger partial charge is 0.338 e. The average Bonchev–Trinajstić information content (AvgIpc) is 3.32. The summed E-state index contributed by atoms with van der Waals surface area (Å²) in [5, 5.41) is 5.11. The van der Waals surface area contributed by atoms with Gasteiger partial charge in [0.25, 0.3) is 15.9 Å². The van der Waals surface area contributed by atoms with Crippen LogP contribution in [0.1, 0.15) is 23.2 Å². The van der Waals surface area contributed by atoms with Crippen LogP contribution in [0.4, 0.5) is 10.8 Å². The van der Waals surface area contributed by atoms with E-state index in [1.165, 1.54) is 48.0 Å². The van der Waals surface area contributed by atoms with E-state index in [1.807, 2.05) is 0 Å². The number of thiazole rings is 1. The third-order valence-corrected chi connectivity index (χ3v) is 7.17. The lowest BCUT2D eigenvalue weighted by Gasteiger charge is -2.32. The number of carbonyl (C=O) groups is 2. The third kappa shape index (κ3) is 5.11. The number of amides is 2. The van der Waals surface area contributed by atoms with Crippen molar-refractivity contribution in [2.75, 3.05) is 23.1 Å². The number of likely N-dealkylation sites (tertiary alicyclic amines) is 1. The Bertz CT molecular complexity index is 1180. The maximum absolute atomic E-state index is 12.9. The van der Waals surface area contributed by atoms with E-state index in [0.717, 1.165) is 0 Å². The molecular formula is C21H21N5O4S2. The second-order valence-electron chi connectivity index (χ2n) is 7.28. The van der Waals surface area contributed by atoms with Crippen molar-refractivity contribution >= 4 is 44.0 Å². The Kier molecular flexibility index (Phi) is 6.47. The second-order valence-corrected chi connectivity index (χ2v) is 9.86. The lowest BCUT2D eigenvalue weighted by atomic mass is 9.96.